The van der Waals surface area contributed by atoms with Gasteiger partial charge in [0, 0.05) is 13.0 Å². The summed E-state index contributed by atoms with van der Waals surface area (Å²) in [4.78, 5) is 12.2. The van der Waals surface area contributed by atoms with E-state index in [-0.39, 0.29) is 24.9 Å². The van der Waals surface area contributed by atoms with Crippen LogP contribution in [0.25, 0.3) is 0 Å². The van der Waals surface area contributed by atoms with Crippen LogP contribution in [-0.4, -0.2) is 39.8 Å². The molecule has 1 amide bonds. The van der Waals surface area contributed by atoms with Crippen molar-refractivity contribution in [3.8, 4) is 5.75 Å². The van der Waals surface area contributed by atoms with Crippen LogP contribution in [0, 0.1) is 6.92 Å². The second-order valence-corrected chi connectivity index (χ2v) is 9.41. The maximum absolute atomic E-state index is 12.2. The third-order valence-corrected chi connectivity index (χ3v) is 5.98. The molecule has 0 saturated carbocycles. The molecule has 2 aromatic carbocycles. The first-order valence-corrected chi connectivity index (χ1v) is 12.1. The minimum Gasteiger partial charge on any atom is -0.491 e. The molecule has 30 heavy (non-hydrogen) atoms. The number of aryl methyl sites for hydroxylation is 2. The van der Waals surface area contributed by atoms with E-state index in [0.717, 1.165) is 23.3 Å². The average molecular weight is 433 g/mol. The summed E-state index contributed by atoms with van der Waals surface area (Å²) in [5.41, 5.74) is 2.81. The van der Waals surface area contributed by atoms with Gasteiger partial charge in [0.25, 0.3) is 0 Å². The van der Waals surface area contributed by atoms with E-state index in [1.807, 2.05) is 62.4 Å². The molecule has 2 aromatic rings. The summed E-state index contributed by atoms with van der Waals surface area (Å²) in [6.45, 7) is 6.53. The first-order valence-electron chi connectivity index (χ1n) is 10.2. The lowest BCUT2D eigenvalue weighted by Crippen LogP contribution is -2.37. The average Bonchev–Trinajstić information content (AvgIpc) is 2.70. The molecule has 0 aliphatic rings. The third kappa shape index (κ3) is 7.37. The number of hydrogen-bond donors (Lipinski definition) is 1. The van der Waals surface area contributed by atoms with Crippen LogP contribution in [0.4, 0.5) is 5.69 Å². The molecule has 0 spiro atoms. The van der Waals surface area contributed by atoms with E-state index in [9.17, 15) is 13.2 Å². The molecule has 164 valence electrons. The van der Waals surface area contributed by atoms with Gasteiger partial charge in [0.2, 0.25) is 15.9 Å². The van der Waals surface area contributed by atoms with Gasteiger partial charge in [0.05, 0.1) is 18.0 Å². The number of benzene rings is 2. The first kappa shape index (κ1) is 23.7. The second-order valence-electron chi connectivity index (χ2n) is 7.50. The number of nitrogens with zero attached hydrogens (tertiary/aromatic N) is 1. The van der Waals surface area contributed by atoms with E-state index in [1.165, 1.54) is 10.6 Å². The van der Waals surface area contributed by atoms with Gasteiger partial charge in [0.1, 0.15) is 12.4 Å². The minimum atomic E-state index is -3.42. The van der Waals surface area contributed by atoms with Crippen LogP contribution in [0.3, 0.4) is 0 Å². The molecule has 1 atom stereocenters. The van der Waals surface area contributed by atoms with E-state index in [1.54, 1.807) is 0 Å². The largest absolute Gasteiger partial charge is 0.491 e. The Balaban J connectivity index is 1.82. The molecule has 0 aliphatic carbocycles. The molecule has 7 heteroatoms. The van der Waals surface area contributed by atoms with Gasteiger partial charge in [-0.3, -0.25) is 9.10 Å². The van der Waals surface area contributed by atoms with Crippen molar-refractivity contribution in [2.24, 2.45) is 0 Å². The topological polar surface area (TPSA) is 75.7 Å². The smallest absolute Gasteiger partial charge is 0.232 e. The molecule has 0 saturated heterocycles. The van der Waals surface area contributed by atoms with Crippen molar-refractivity contribution in [1.82, 2.24) is 5.32 Å². The van der Waals surface area contributed by atoms with Gasteiger partial charge in [0.15, 0.2) is 0 Å². The van der Waals surface area contributed by atoms with E-state index < -0.39 is 10.0 Å². The summed E-state index contributed by atoms with van der Waals surface area (Å²) in [6, 6.07) is 15.1. The van der Waals surface area contributed by atoms with E-state index in [0.29, 0.717) is 18.7 Å². The van der Waals surface area contributed by atoms with Gasteiger partial charge in [-0.1, -0.05) is 37.3 Å². The van der Waals surface area contributed by atoms with Crippen molar-refractivity contribution in [3.05, 3.63) is 59.7 Å². The standard InChI is InChI=1S/C23H32N2O4S/c1-5-20-12-14-21(15-13-20)25(30(4,27)28)16-8-11-23(26)24-19(3)17-29-22-10-7-6-9-18(22)2/h6-7,9-10,12-15,19H,5,8,11,16-17H2,1-4H3,(H,24,26)/t19-/m1/s1. The summed E-state index contributed by atoms with van der Waals surface area (Å²) in [7, 11) is -3.42. The van der Waals surface area contributed by atoms with Crippen LogP contribution in [0.15, 0.2) is 48.5 Å². The molecule has 1 N–H and O–H groups in total. The van der Waals surface area contributed by atoms with Crippen molar-refractivity contribution in [2.75, 3.05) is 23.7 Å². The molecule has 0 bridgehead atoms. The predicted molar refractivity (Wildman–Crippen MR) is 122 cm³/mol. The van der Waals surface area contributed by atoms with Crippen LogP contribution >= 0.6 is 0 Å². The number of carbonyl (C=O) groups excluding carboxylic acids is 1. The highest BCUT2D eigenvalue weighted by Crippen LogP contribution is 2.19. The lowest BCUT2D eigenvalue weighted by atomic mass is 10.1. The van der Waals surface area contributed by atoms with Crippen molar-refractivity contribution >= 4 is 21.6 Å². The predicted octanol–water partition coefficient (Wildman–Crippen LogP) is 3.69. The highest BCUT2D eigenvalue weighted by Gasteiger charge is 2.18. The van der Waals surface area contributed by atoms with Crippen LogP contribution in [0.1, 0.15) is 37.8 Å². The molecule has 0 aliphatic heterocycles. The molecule has 2 rings (SSSR count). The SMILES string of the molecule is CCc1ccc(N(CCCC(=O)N[C@H](C)COc2ccccc2C)S(C)(=O)=O)cc1. The Bertz CT molecular complexity index is 926. The summed E-state index contributed by atoms with van der Waals surface area (Å²) < 4.78 is 31.5. The maximum Gasteiger partial charge on any atom is 0.232 e. The number of nitrogens with one attached hydrogen (secondary N) is 1. The number of carbonyl (C=O) groups is 1. The van der Waals surface area contributed by atoms with Crippen LogP contribution < -0.4 is 14.4 Å². The number of rotatable bonds is 11. The molecule has 0 aromatic heterocycles. The molecule has 0 heterocycles. The third-order valence-electron chi connectivity index (χ3n) is 4.79. The monoisotopic (exact) mass is 432 g/mol. The van der Waals surface area contributed by atoms with Crippen molar-refractivity contribution in [1.29, 1.82) is 0 Å². The fourth-order valence-corrected chi connectivity index (χ4v) is 4.05. The number of anilines is 1. The number of amides is 1. The van der Waals surface area contributed by atoms with Gasteiger partial charge in [-0.15, -0.1) is 0 Å². The number of ether oxygens (including phenoxy) is 1. The Kier molecular flexibility index (Phi) is 8.72. The van der Waals surface area contributed by atoms with Gasteiger partial charge in [-0.25, -0.2) is 8.42 Å². The van der Waals surface area contributed by atoms with E-state index in [2.05, 4.69) is 12.2 Å². The van der Waals surface area contributed by atoms with E-state index >= 15 is 0 Å². The Labute approximate surface area is 180 Å². The summed E-state index contributed by atoms with van der Waals surface area (Å²) in [6.07, 6.45) is 2.75. The first-order chi connectivity index (χ1) is 14.2. The molecule has 6 nitrogen and oxygen atoms in total. The van der Waals surface area contributed by atoms with Crippen molar-refractivity contribution < 1.29 is 17.9 Å². The van der Waals surface area contributed by atoms with Gasteiger partial charge in [-0.2, -0.15) is 0 Å². The highest BCUT2D eigenvalue weighted by molar-refractivity contribution is 7.92. The second kappa shape index (κ2) is 11.0. The quantitative estimate of drug-likeness (QED) is 0.588. The normalized spacial score (nSPS) is 12.3. The zero-order valence-corrected chi connectivity index (χ0v) is 19.0. The lowest BCUT2D eigenvalue weighted by molar-refractivity contribution is -0.121. The fourth-order valence-electron chi connectivity index (χ4n) is 3.09. The zero-order chi connectivity index (χ0) is 22.1. The van der Waals surface area contributed by atoms with Gasteiger partial charge >= 0.3 is 0 Å². The molecular formula is C23H32N2O4S. The Morgan fingerprint density at radius 2 is 1.80 bits per heavy atom. The molecular weight excluding hydrogens is 400 g/mol. The summed E-state index contributed by atoms with van der Waals surface area (Å²) >= 11 is 0. The minimum absolute atomic E-state index is 0.120. The Morgan fingerprint density at radius 3 is 2.40 bits per heavy atom. The highest BCUT2D eigenvalue weighted by atomic mass is 32.2. The van der Waals surface area contributed by atoms with Gasteiger partial charge in [-0.05, 0) is 56.0 Å². The fraction of sp³-hybridized carbons (Fsp3) is 0.435. The lowest BCUT2D eigenvalue weighted by Gasteiger charge is -2.23. The number of sulfonamides is 1. The molecule has 0 fully saturated rings. The Morgan fingerprint density at radius 1 is 1.13 bits per heavy atom. The van der Waals surface area contributed by atoms with Crippen LogP contribution in [0.5, 0.6) is 5.75 Å². The van der Waals surface area contributed by atoms with E-state index in [4.69, 9.17) is 4.74 Å². The molecule has 0 unspecified atom stereocenters. The summed E-state index contributed by atoms with van der Waals surface area (Å²) in [5, 5.41) is 2.91. The van der Waals surface area contributed by atoms with Crippen molar-refractivity contribution in [2.45, 2.75) is 46.1 Å². The van der Waals surface area contributed by atoms with Crippen LogP contribution in [0.2, 0.25) is 0 Å². The zero-order valence-electron chi connectivity index (χ0n) is 18.2. The number of para-hydroxylation sites is 1. The molecule has 0 radical (unpaired) electrons. The number of hydrogen-bond acceptors (Lipinski definition) is 4. The van der Waals surface area contributed by atoms with Crippen LogP contribution in [-0.2, 0) is 21.2 Å². The summed E-state index contributed by atoms with van der Waals surface area (Å²) in [5.74, 6) is 0.683. The Hall–Kier alpha value is -2.54. The maximum atomic E-state index is 12.2. The van der Waals surface area contributed by atoms with Gasteiger partial charge < -0.3 is 10.1 Å². The van der Waals surface area contributed by atoms with Crippen molar-refractivity contribution in [3.63, 3.8) is 0 Å².